The molecule has 0 amide bonds. The smallest absolute Gasteiger partial charge is 0.338 e. The number of benzene rings is 1. The van der Waals surface area contributed by atoms with E-state index in [-0.39, 0.29) is 12.1 Å². The van der Waals surface area contributed by atoms with Crippen LogP contribution in [0, 0.1) is 5.92 Å². The van der Waals surface area contributed by atoms with Gasteiger partial charge in [0.1, 0.15) is 6.10 Å². The van der Waals surface area contributed by atoms with Crippen molar-refractivity contribution in [2.75, 3.05) is 5.73 Å². The highest BCUT2D eigenvalue weighted by Crippen LogP contribution is 2.34. The first-order chi connectivity index (χ1) is 8.74. The van der Waals surface area contributed by atoms with Gasteiger partial charge in [-0.3, -0.25) is 0 Å². The molecule has 1 saturated carbocycles. The van der Waals surface area contributed by atoms with Crippen LogP contribution < -0.4 is 5.73 Å². The number of rotatable bonds is 0. The number of fused-ring (bicyclic) bond motifs is 2. The molecule has 1 aliphatic carbocycles. The summed E-state index contributed by atoms with van der Waals surface area (Å²) in [6.07, 6.45) is 6.77. The minimum absolute atomic E-state index is 0.140. The van der Waals surface area contributed by atoms with Gasteiger partial charge in [0, 0.05) is 5.69 Å². The lowest BCUT2D eigenvalue weighted by Gasteiger charge is -2.18. The highest BCUT2D eigenvalue weighted by molar-refractivity contribution is 5.91. The Balaban J connectivity index is 1.92. The highest BCUT2D eigenvalue weighted by Gasteiger charge is 2.31. The lowest BCUT2D eigenvalue weighted by molar-refractivity contribution is 0.0202. The van der Waals surface area contributed by atoms with Crippen LogP contribution in [-0.2, 0) is 11.2 Å². The maximum Gasteiger partial charge on any atom is 0.338 e. The summed E-state index contributed by atoms with van der Waals surface area (Å²) in [5.74, 6) is 0.407. The molecular weight excluding hydrogens is 226 g/mol. The summed E-state index contributed by atoms with van der Waals surface area (Å²) in [7, 11) is 0. The van der Waals surface area contributed by atoms with E-state index in [4.69, 9.17) is 10.5 Å². The fourth-order valence-electron chi connectivity index (χ4n) is 3.26. The first kappa shape index (κ1) is 11.6. The van der Waals surface area contributed by atoms with Crippen LogP contribution in [0.25, 0.3) is 0 Å². The van der Waals surface area contributed by atoms with E-state index in [9.17, 15) is 4.79 Å². The molecule has 1 aromatic rings. The zero-order valence-corrected chi connectivity index (χ0v) is 10.5. The Morgan fingerprint density at radius 3 is 2.89 bits per heavy atom. The van der Waals surface area contributed by atoms with E-state index >= 15 is 0 Å². The SMILES string of the molecule is Nc1ccc2c(c1)CCCC1CCCC1OC2=O. The van der Waals surface area contributed by atoms with Crippen molar-refractivity contribution < 1.29 is 9.53 Å². The van der Waals surface area contributed by atoms with Gasteiger partial charge >= 0.3 is 5.97 Å². The van der Waals surface area contributed by atoms with Gasteiger partial charge in [-0.15, -0.1) is 0 Å². The molecule has 2 N–H and O–H groups in total. The molecule has 0 radical (unpaired) electrons. The average Bonchev–Trinajstić information content (AvgIpc) is 2.77. The molecule has 1 heterocycles. The minimum Gasteiger partial charge on any atom is -0.458 e. The molecule has 0 bridgehead atoms. The molecule has 0 saturated heterocycles. The fraction of sp³-hybridized carbons (Fsp3) is 0.533. The number of ether oxygens (including phenoxy) is 1. The lowest BCUT2D eigenvalue weighted by Crippen LogP contribution is -2.21. The van der Waals surface area contributed by atoms with Crippen molar-refractivity contribution in [1.29, 1.82) is 0 Å². The number of nitrogen functional groups attached to an aromatic ring is 1. The van der Waals surface area contributed by atoms with Gasteiger partial charge in [-0.1, -0.05) is 0 Å². The largest absolute Gasteiger partial charge is 0.458 e. The number of aryl methyl sites for hydroxylation is 1. The molecule has 2 atom stereocenters. The number of carbonyl (C=O) groups is 1. The molecule has 3 rings (SSSR count). The van der Waals surface area contributed by atoms with Gasteiger partial charge in [-0.25, -0.2) is 4.79 Å². The third kappa shape index (κ3) is 2.09. The van der Waals surface area contributed by atoms with Gasteiger partial charge in [0.15, 0.2) is 0 Å². The zero-order valence-electron chi connectivity index (χ0n) is 10.5. The van der Waals surface area contributed by atoms with Crippen molar-refractivity contribution in [1.82, 2.24) is 0 Å². The molecule has 0 aromatic heterocycles. The Hall–Kier alpha value is -1.51. The van der Waals surface area contributed by atoms with Gasteiger partial charge in [-0.05, 0) is 68.2 Å². The van der Waals surface area contributed by atoms with Crippen molar-refractivity contribution in [3.8, 4) is 0 Å². The molecule has 3 nitrogen and oxygen atoms in total. The Kier molecular flexibility index (Phi) is 2.98. The van der Waals surface area contributed by atoms with Crippen molar-refractivity contribution in [2.24, 2.45) is 5.92 Å². The van der Waals surface area contributed by atoms with Gasteiger partial charge in [0.05, 0.1) is 5.56 Å². The van der Waals surface area contributed by atoms with E-state index in [0.29, 0.717) is 11.5 Å². The second-order valence-electron chi connectivity index (χ2n) is 5.44. The summed E-state index contributed by atoms with van der Waals surface area (Å²) in [5, 5.41) is 0. The van der Waals surface area contributed by atoms with Crippen LogP contribution in [-0.4, -0.2) is 12.1 Å². The maximum absolute atomic E-state index is 12.2. The minimum atomic E-state index is -0.163. The fourth-order valence-corrected chi connectivity index (χ4v) is 3.26. The average molecular weight is 245 g/mol. The van der Waals surface area contributed by atoms with E-state index in [0.717, 1.165) is 36.9 Å². The van der Waals surface area contributed by atoms with E-state index < -0.39 is 0 Å². The first-order valence-corrected chi connectivity index (χ1v) is 6.83. The molecule has 2 aliphatic rings. The number of nitrogens with two attached hydrogens (primary N) is 1. The number of carbonyl (C=O) groups excluding carboxylic acids is 1. The molecule has 3 heteroatoms. The highest BCUT2D eigenvalue weighted by atomic mass is 16.5. The predicted octanol–water partition coefficient (Wildman–Crippen LogP) is 2.93. The molecule has 1 fully saturated rings. The van der Waals surface area contributed by atoms with Crippen LogP contribution in [0.5, 0.6) is 0 Å². The number of esters is 1. The Bertz CT molecular complexity index is 470. The van der Waals surface area contributed by atoms with E-state index in [1.54, 1.807) is 6.07 Å². The first-order valence-electron chi connectivity index (χ1n) is 6.83. The molecule has 1 aromatic carbocycles. The summed E-state index contributed by atoms with van der Waals surface area (Å²) in [6.45, 7) is 0. The van der Waals surface area contributed by atoms with Crippen LogP contribution in [0.4, 0.5) is 5.69 Å². The Morgan fingerprint density at radius 1 is 1.17 bits per heavy atom. The number of hydrogen-bond donors (Lipinski definition) is 1. The molecule has 2 unspecified atom stereocenters. The second-order valence-corrected chi connectivity index (χ2v) is 5.44. The van der Waals surface area contributed by atoms with Gasteiger partial charge in [-0.2, -0.15) is 0 Å². The standard InChI is InChI=1S/C15H19NO2/c16-12-7-8-13-11(9-12)5-1-3-10-4-2-6-14(10)18-15(13)17/h7-10,14H,1-6,16H2. The summed E-state index contributed by atoms with van der Waals surface area (Å²) < 4.78 is 5.68. The molecule has 1 aliphatic heterocycles. The van der Waals surface area contributed by atoms with Crippen LogP contribution in [0.15, 0.2) is 18.2 Å². The van der Waals surface area contributed by atoms with E-state index in [1.807, 2.05) is 12.1 Å². The molecule has 0 spiro atoms. The predicted molar refractivity (Wildman–Crippen MR) is 70.3 cm³/mol. The summed E-state index contributed by atoms with van der Waals surface area (Å²) >= 11 is 0. The van der Waals surface area contributed by atoms with E-state index in [2.05, 4.69) is 0 Å². The van der Waals surface area contributed by atoms with Crippen LogP contribution in [0.1, 0.15) is 48.0 Å². The van der Waals surface area contributed by atoms with Crippen molar-refractivity contribution in [2.45, 2.75) is 44.6 Å². The molecular formula is C15H19NO2. The lowest BCUT2D eigenvalue weighted by atomic mass is 9.96. The number of anilines is 1. The van der Waals surface area contributed by atoms with Crippen molar-refractivity contribution in [3.05, 3.63) is 29.3 Å². The quantitative estimate of drug-likeness (QED) is 0.565. The van der Waals surface area contributed by atoms with Crippen LogP contribution >= 0.6 is 0 Å². The third-order valence-electron chi connectivity index (χ3n) is 4.22. The number of hydrogen-bond acceptors (Lipinski definition) is 3. The van der Waals surface area contributed by atoms with Gasteiger partial charge in [0.25, 0.3) is 0 Å². The summed E-state index contributed by atoms with van der Waals surface area (Å²) in [6, 6.07) is 5.50. The van der Waals surface area contributed by atoms with Gasteiger partial charge in [0.2, 0.25) is 0 Å². The zero-order chi connectivity index (χ0) is 12.5. The Morgan fingerprint density at radius 2 is 2.00 bits per heavy atom. The maximum atomic E-state index is 12.2. The summed E-state index contributed by atoms with van der Waals surface area (Å²) in [4.78, 5) is 12.2. The van der Waals surface area contributed by atoms with Crippen molar-refractivity contribution >= 4 is 11.7 Å². The second kappa shape index (κ2) is 4.63. The summed E-state index contributed by atoms with van der Waals surface area (Å²) in [5.41, 5.74) is 8.27. The Labute approximate surface area is 107 Å². The molecule has 18 heavy (non-hydrogen) atoms. The van der Waals surface area contributed by atoms with Crippen LogP contribution in [0.2, 0.25) is 0 Å². The van der Waals surface area contributed by atoms with Gasteiger partial charge < -0.3 is 10.5 Å². The van der Waals surface area contributed by atoms with Crippen molar-refractivity contribution in [3.63, 3.8) is 0 Å². The topological polar surface area (TPSA) is 52.3 Å². The van der Waals surface area contributed by atoms with E-state index in [1.165, 1.54) is 12.8 Å². The molecule has 96 valence electrons. The third-order valence-corrected chi connectivity index (χ3v) is 4.22. The monoisotopic (exact) mass is 245 g/mol. The van der Waals surface area contributed by atoms with Crippen LogP contribution in [0.3, 0.4) is 0 Å². The normalized spacial score (nSPS) is 27.4.